The Labute approximate surface area is 108 Å². The monoisotopic (exact) mass is 251 g/mol. The van der Waals surface area contributed by atoms with Crippen molar-refractivity contribution in [3.63, 3.8) is 0 Å². The first-order valence-electron chi connectivity index (χ1n) is 6.11. The molecule has 4 heteroatoms. The molecule has 0 heterocycles. The van der Waals surface area contributed by atoms with Crippen LogP contribution in [0.15, 0.2) is 31.0 Å². The van der Waals surface area contributed by atoms with E-state index in [1.807, 2.05) is 6.07 Å². The third-order valence-electron chi connectivity index (χ3n) is 2.55. The summed E-state index contributed by atoms with van der Waals surface area (Å²) in [5.41, 5.74) is 7.09. The largest absolute Gasteiger partial charge is 0.506 e. The number of anilines is 1. The third-order valence-corrected chi connectivity index (χ3v) is 2.55. The lowest BCUT2D eigenvalue weighted by atomic mass is 10.1. The SMILES string of the molecule is C=COCCCCOCCc1ccc(O)c(N)c1. The fraction of sp³-hybridized carbons (Fsp3) is 0.429. The molecule has 0 saturated heterocycles. The van der Waals surface area contributed by atoms with E-state index in [1.54, 1.807) is 12.1 Å². The van der Waals surface area contributed by atoms with Gasteiger partial charge in [0.2, 0.25) is 0 Å². The van der Waals surface area contributed by atoms with Crippen LogP contribution in [0.1, 0.15) is 18.4 Å². The average molecular weight is 251 g/mol. The van der Waals surface area contributed by atoms with Gasteiger partial charge in [0.25, 0.3) is 0 Å². The summed E-state index contributed by atoms with van der Waals surface area (Å²) >= 11 is 0. The number of aromatic hydroxyl groups is 1. The van der Waals surface area contributed by atoms with E-state index < -0.39 is 0 Å². The number of benzene rings is 1. The second kappa shape index (κ2) is 8.42. The van der Waals surface area contributed by atoms with Crippen molar-refractivity contribution in [3.8, 4) is 5.75 Å². The number of nitrogen functional groups attached to an aromatic ring is 1. The molecule has 4 nitrogen and oxygen atoms in total. The summed E-state index contributed by atoms with van der Waals surface area (Å²) in [7, 11) is 0. The van der Waals surface area contributed by atoms with Crippen LogP contribution in [0, 0.1) is 0 Å². The highest BCUT2D eigenvalue weighted by Crippen LogP contribution is 2.20. The highest BCUT2D eigenvalue weighted by Gasteiger charge is 1.99. The van der Waals surface area contributed by atoms with E-state index in [1.165, 1.54) is 6.26 Å². The number of hydrogen-bond acceptors (Lipinski definition) is 4. The molecule has 0 unspecified atom stereocenters. The molecule has 0 amide bonds. The summed E-state index contributed by atoms with van der Waals surface area (Å²) in [5.74, 6) is 0.127. The van der Waals surface area contributed by atoms with Crippen LogP contribution in [0.25, 0.3) is 0 Å². The Hall–Kier alpha value is -1.68. The van der Waals surface area contributed by atoms with Gasteiger partial charge in [0.15, 0.2) is 0 Å². The molecule has 0 aliphatic rings. The van der Waals surface area contributed by atoms with Gasteiger partial charge in [-0.3, -0.25) is 0 Å². The number of ether oxygens (including phenoxy) is 2. The van der Waals surface area contributed by atoms with Gasteiger partial charge < -0.3 is 20.3 Å². The lowest BCUT2D eigenvalue weighted by Crippen LogP contribution is -2.02. The molecule has 0 atom stereocenters. The molecule has 3 N–H and O–H groups in total. The Morgan fingerprint density at radius 3 is 2.72 bits per heavy atom. The van der Waals surface area contributed by atoms with Crippen molar-refractivity contribution in [3.05, 3.63) is 36.6 Å². The summed E-state index contributed by atoms with van der Waals surface area (Å²) in [5, 5.41) is 9.28. The molecule has 1 aromatic rings. The van der Waals surface area contributed by atoms with Gasteiger partial charge in [-0.15, -0.1) is 0 Å². The van der Waals surface area contributed by atoms with E-state index in [9.17, 15) is 5.11 Å². The van der Waals surface area contributed by atoms with Crippen LogP contribution in [0.4, 0.5) is 5.69 Å². The number of rotatable bonds is 9. The van der Waals surface area contributed by atoms with E-state index in [-0.39, 0.29) is 5.75 Å². The maximum Gasteiger partial charge on any atom is 0.138 e. The molecule has 0 aliphatic heterocycles. The van der Waals surface area contributed by atoms with E-state index in [4.69, 9.17) is 15.2 Å². The summed E-state index contributed by atoms with van der Waals surface area (Å²) < 4.78 is 10.5. The molecule has 0 saturated carbocycles. The summed E-state index contributed by atoms with van der Waals surface area (Å²) in [6, 6.07) is 5.24. The minimum atomic E-state index is 0.127. The van der Waals surface area contributed by atoms with Crippen molar-refractivity contribution >= 4 is 5.69 Å². The Balaban J connectivity index is 2.07. The quantitative estimate of drug-likeness (QED) is 0.306. The number of nitrogens with two attached hydrogens (primary N) is 1. The normalized spacial score (nSPS) is 10.2. The van der Waals surface area contributed by atoms with Crippen molar-refractivity contribution in [1.82, 2.24) is 0 Å². The van der Waals surface area contributed by atoms with Crippen LogP contribution in [-0.4, -0.2) is 24.9 Å². The van der Waals surface area contributed by atoms with E-state index in [0.717, 1.165) is 31.4 Å². The van der Waals surface area contributed by atoms with Crippen LogP contribution < -0.4 is 5.73 Å². The maximum atomic E-state index is 9.28. The second-order valence-corrected chi connectivity index (χ2v) is 4.00. The molecule has 0 aromatic heterocycles. The molecule has 0 radical (unpaired) electrons. The predicted molar refractivity (Wildman–Crippen MR) is 72.4 cm³/mol. The number of unbranched alkanes of at least 4 members (excludes halogenated alkanes) is 1. The van der Waals surface area contributed by atoms with Crippen molar-refractivity contribution < 1.29 is 14.6 Å². The molecule has 0 bridgehead atoms. The maximum absolute atomic E-state index is 9.28. The highest BCUT2D eigenvalue weighted by molar-refractivity contribution is 5.53. The number of phenolic OH excluding ortho intramolecular Hbond substituents is 1. The van der Waals surface area contributed by atoms with E-state index in [2.05, 4.69) is 6.58 Å². The smallest absolute Gasteiger partial charge is 0.138 e. The zero-order valence-corrected chi connectivity index (χ0v) is 10.6. The lowest BCUT2D eigenvalue weighted by molar-refractivity contribution is 0.126. The van der Waals surface area contributed by atoms with Crippen LogP contribution in [0.3, 0.4) is 0 Å². The molecular weight excluding hydrogens is 230 g/mol. The Kier molecular flexibility index (Phi) is 6.72. The fourth-order valence-corrected chi connectivity index (χ4v) is 1.52. The average Bonchev–Trinajstić information content (AvgIpc) is 2.37. The first-order chi connectivity index (χ1) is 8.74. The van der Waals surface area contributed by atoms with Gasteiger partial charge >= 0.3 is 0 Å². The molecule has 0 spiro atoms. The van der Waals surface area contributed by atoms with Gasteiger partial charge in [-0.05, 0) is 37.0 Å². The standard InChI is InChI=1S/C14H21NO3/c1-2-17-8-3-4-9-18-10-7-12-5-6-14(16)13(15)11-12/h2,5-6,11,16H,1,3-4,7-10,15H2. The van der Waals surface area contributed by atoms with Crippen LogP contribution >= 0.6 is 0 Å². The molecule has 1 aromatic carbocycles. The van der Waals surface area contributed by atoms with Gasteiger partial charge in [-0.1, -0.05) is 12.6 Å². The molecule has 1 rings (SSSR count). The van der Waals surface area contributed by atoms with Crippen molar-refractivity contribution in [2.24, 2.45) is 0 Å². The zero-order valence-electron chi connectivity index (χ0n) is 10.6. The van der Waals surface area contributed by atoms with Gasteiger partial charge in [-0.25, -0.2) is 0 Å². The summed E-state index contributed by atoms with van der Waals surface area (Å²) in [4.78, 5) is 0. The molecule has 100 valence electrons. The second-order valence-electron chi connectivity index (χ2n) is 4.00. The molecular formula is C14H21NO3. The fourth-order valence-electron chi connectivity index (χ4n) is 1.52. The van der Waals surface area contributed by atoms with Crippen LogP contribution in [-0.2, 0) is 15.9 Å². The highest BCUT2D eigenvalue weighted by atomic mass is 16.5. The Morgan fingerprint density at radius 1 is 1.22 bits per heavy atom. The minimum Gasteiger partial charge on any atom is -0.506 e. The van der Waals surface area contributed by atoms with Gasteiger partial charge in [0.05, 0.1) is 25.2 Å². The minimum absolute atomic E-state index is 0.127. The van der Waals surface area contributed by atoms with Crippen molar-refractivity contribution in [1.29, 1.82) is 0 Å². The van der Waals surface area contributed by atoms with Gasteiger partial charge in [0, 0.05) is 6.61 Å². The Morgan fingerprint density at radius 2 is 2.00 bits per heavy atom. The van der Waals surface area contributed by atoms with Crippen molar-refractivity contribution in [2.75, 3.05) is 25.6 Å². The number of hydrogen-bond donors (Lipinski definition) is 2. The van der Waals surface area contributed by atoms with E-state index in [0.29, 0.717) is 18.9 Å². The summed E-state index contributed by atoms with van der Waals surface area (Å²) in [6.07, 6.45) is 4.20. The van der Waals surface area contributed by atoms with Crippen LogP contribution in [0.2, 0.25) is 0 Å². The Bertz CT molecular complexity index is 366. The molecule has 0 aliphatic carbocycles. The topological polar surface area (TPSA) is 64.7 Å². The molecule has 0 fully saturated rings. The lowest BCUT2D eigenvalue weighted by Gasteiger charge is -2.06. The predicted octanol–water partition coefficient (Wildman–Crippen LogP) is 2.47. The van der Waals surface area contributed by atoms with Crippen molar-refractivity contribution in [2.45, 2.75) is 19.3 Å². The van der Waals surface area contributed by atoms with Gasteiger partial charge in [-0.2, -0.15) is 0 Å². The third kappa shape index (κ3) is 5.59. The van der Waals surface area contributed by atoms with Gasteiger partial charge in [0.1, 0.15) is 5.75 Å². The zero-order chi connectivity index (χ0) is 13.2. The van der Waals surface area contributed by atoms with Crippen LogP contribution in [0.5, 0.6) is 5.75 Å². The summed E-state index contributed by atoms with van der Waals surface area (Å²) in [6.45, 7) is 5.56. The molecule has 18 heavy (non-hydrogen) atoms. The number of phenols is 1. The first kappa shape index (κ1) is 14.4. The van der Waals surface area contributed by atoms with E-state index >= 15 is 0 Å². The first-order valence-corrected chi connectivity index (χ1v) is 6.11.